The van der Waals surface area contributed by atoms with E-state index >= 15 is 0 Å². The fraction of sp³-hybridized carbons (Fsp3) is 0.615. The van der Waals surface area contributed by atoms with Crippen LogP contribution in [0, 0.1) is 0 Å². The van der Waals surface area contributed by atoms with Gasteiger partial charge in [0.05, 0.1) is 7.11 Å². The van der Waals surface area contributed by atoms with Crippen LogP contribution in [0.15, 0.2) is 0 Å². The van der Waals surface area contributed by atoms with Crippen LogP contribution in [0.25, 0.3) is 0 Å². The molecular weight excluding hydrogens is 298 g/mol. The molecule has 1 aliphatic heterocycles. The van der Waals surface area contributed by atoms with E-state index in [0.29, 0.717) is 6.61 Å². The molecule has 2 rings (SSSR count). The molecule has 1 amide bonds. The Balaban J connectivity index is 2.48. The first-order chi connectivity index (χ1) is 9.97. The summed E-state index contributed by atoms with van der Waals surface area (Å²) in [7, 11) is 2.79. The van der Waals surface area contributed by atoms with Crippen molar-refractivity contribution < 1.29 is 19.1 Å². The van der Waals surface area contributed by atoms with E-state index in [0.717, 1.165) is 19.3 Å². The minimum Gasteiger partial charge on any atom is -0.464 e. The summed E-state index contributed by atoms with van der Waals surface area (Å²) < 4.78 is 11.8. The van der Waals surface area contributed by atoms with E-state index in [-0.39, 0.29) is 28.7 Å². The first-order valence-electron chi connectivity index (χ1n) is 6.69. The maximum atomic E-state index is 11.9. The third-order valence-corrected chi connectivity index (χ3v) is 3.80. The van der Waals surface area contributed by atoms with Gasteiger partial charge in [-0.2, -0.15) is 5.10 Å². The Morgan fingerprint density at radius 2 is 2.19 bits per heavy atom. The smallest absolute Gasteiger partial charge is 0.360 e. The fourth-order valence-electron chi connectivity index (χ4n) is 2.20. The van der Waals surface area contributed by atoms with Gasteiger partial charge < -0.3 is 14.4 Å². The van der Waals surface area contributed by atoms with Crippen molar-refractivity contribution in [3.63, 3.8) is 0 Å². The first kappa shape index (κ1) is 15.8. The minimum atomic E-state index is -0.644. The molecule has 0 aliphatic carbocycles. The lowest BCUT2D eigenvalue weighted by atomic mass is 10.2. The van der Waals surface area contributed by atoms with Gasteiger partial charge in [0, 0.05) is 20.6 Å². The van der Waals surface area contributed by atoms with E-state index < -0.39 is 5.97 Å². The Labute approximate surface area is 127 Å². The highest BCUT2D eigenvalue weighted by molar-refractivity contribution is 6.33. The summed E-state index contributed by atoms with van der Waals surface area (Å²) in [6.07, 6.45) is 2.40. The molecule has 7 nitrogen and oxygen atoms in total. The average molecular weight is 316 g/mol. The van der Waals surface area contributed by atoms with Crippen molar-refractivity contribution in [2.24, 2.45) is 0 Å². The van der Waals surface area contributed by atoms with Crippen LogP contribution in [0.5, 0.6) is 0 Å². The van der Waals surface area contributed by atoms with Crippen molar-refractivity contribution in [3.8, 4) is 0 Å². The van der Waals surface area contributed by atoms with E-state index in [2.05, 4.69) is 5.10 Å². The minimum absolute atomic E-state index is 0.00868. The summed E-state index contributed by atoms with van der Waals surface area (Å²) in [6, 6.07) is 0. The monoisotopic (exact) mass is 315 g/mol. The molecule has 2 heterocycles. The average Bonchev–Trinajstić information content (AvgIpc) is 2.84. The summed E-state index contributed by atoms with van der Waals surface area (Å²) in [5.74, 6) is -0.902. The van der Waals surface area contributed by atoms with Gasteiger partial charge in [-0.05, 0) is 19.3 Å². The Bertz CT molecular complexity index is 552. The number of rotatable bonds is 3. The Hall–Kier alpha value is -1.60. The molecule has 1 atom stereocenters. The molecule has 1 aliphatic rings. The highest BCUT2D eigenvalue weighted by atomic mass is 35.5. The summed E-state index contributed by atoms with van der Waals surface area (Å²) >= 11 is 6.32. The number of esters is 1. The number of ether oxygens (including phenoxy) is 2. The predicted octanol–water partition coefficient (Wildman–Crippen LogP) is 2.00. The lowest BCUT2D eigenvalue weighted by molar-refractivity contribution is -0.116. The van der Waals surface area contributed by atoms with Gasteiger partial charge >= 0.3 is 5.97 Å². The third-order valence-electron chi connectivity index (χ3n) is 3.44. The van der Waals surface area contributed by atoms with Gasteiger partial charge in [-0.3, -0.25) is 4.79 Å². The molecule has 0 saturated carbocycles. The van der Waals surface area contributed by atoms with Crippen LogP contribution >= 0.6 is 11.6 Å². The van der Waals surface area contributed by atoms with Crippen molar-refractivity contribution in [1.82, 2.24) is 9.78 Å². The van der Waals surface area contributed by atoms with Gasteiger partial charge in [0.25, 0.3) is 0 Å². The Kier molecular flexibility index (Phi) is 4.84. The van der Waals surface area contributed by atoms with Crippen molar-refractivity contribution in [2.45, 2.75) is 32.4 Å². The molecule has 0 bridgehead atoms. The lowest BCUT2D eigenvalue weighted by Crippen LogP contribution is -2.25. The maximum Gasteiger partial charge on any atom is 0.360 e. The maximum absolute atomic E-state index is 11.9. The molecule has 1 aromatic rings. The molecule has 1 saturated heterocycles. The van der Waals surface area contributed by atoms with Gasteiger partial charge in [0.2, 0.25) is 5.91 Å². The number of amides is 1. The molecule has 21 heavy (non-hydrogen) atoms. The van der Waals surface area contributed by atoms with Crippen LogP contribution in [-0.2, 0) is 14.3 Å². The standard InChI is InChI=1S/C13H18ClN3O4/c1-8(18)16(2)11-10(13(19)20-3)15-17(12(11)14)9-6-4-5-7-21-9/h9H,4-7H2,1-3H3. The number of halogens is 1. The molecular formula is C13H18ClN3O4. The molecule has 0 N–H and O–H groups in total. The second kappa shape index (κ2) is 6.44. The first-order valence-corrected chi connectivity index (χ1v) is 7.07. The molecule has 0 radical (unpaired) electrons. The zero-order valence-electron chi connectivity index (χ0n) is 12.3. The lowest BCUT2D eigenvalue weighted by Gasteiger charge is -2.23. The molecule has 0 aromatic carbocycles. The van der Waals surface area contributed by atoms with Crippen LogP contribution < -0.4 is 4.90 Å². The number of carbonyl (C=O) groups excluding carboxylic acids is 2. The summed E-state index contributed by atoms with van der Waals surface area (Å²) in [5.41, 5.74) is 0.250. The van der Waals surface area contributed by atoms with E-state index in [1.807, 2.05) is 0 Å². The van der Waals surface area contributed by atoms with Gasteiger partial charge in [0.15, 0.2) is 17.1 Å². The van der Waals surface area contributed by atoms with Crippen molar-refractivity contribution in [1.29, 1.82) is 0 Å². The van der Waals surface area contributed by atoms with E-state index in [1.165, 1.54) is 30.7 Å². The molecule has 1 aromatic heterocycles. The molecule has 1 fully saturated rings. The highest BCUT2D eigenvalue weighted by Crippen LogP contribution is 2.34. The van der Waals surface area contributed by atoms with E-state index in [9.17, 15) is 9.59 Å². The van der Waals surface area contributed by atoms with Gasteiger partial charge in [-0.15, -0.1) is 0 Å². The summed E-state index contributed by atoms with van der Waals surface area (Å²) in [6.45, 7) is 2.00. The third kappa shape index (κ3) is 3.03. The number of nitrogens with zero attached hydrogens (tertiary/aromatic N) is 3. The second-order valence-electron chi connectivity index (χ2n) is 4.82. The normalized spacial score (nSPS) is 18.4. The summed E-state index contributed by atoms with van der Waals surface area (Å²) in [5, 5.41) is 4.39. The Morgan fingerprint density at radius 3 is 2.71 bits per heavy atom. The van der Waals surface area contributed by atoms with Crippen LogP contribution in [0.1, 0.15) is 42.9 Å². The van der Waals surface area contributed by atoms with Crippen molar-refractivity contribution in [2.75, 3.05) is 25.7 Å². The second-order valence-corrected chi connectivity index (χ2v) is 5.18. The van der Waals surface area contributed by atoms with Crippen LogP contribution in [0.2, 0.25) is 5.15 Å². The zero-order valence-corrected chi connectivity index (χ0v) is 13.0. The SMILES string of the molecule is COC(=O)c1nn(C2CCCCO2)c(Cl)c1N(C)C(C)=O. The number of carbonyl (C=O) groups is 2. The quantitative estimate of drug-likeness (QED) is 0.798. The molecule has 116 valence electrons. The van der Waals surface area contributed by atoms with Gasteiger partial charge in [0.1, 0.15) is 5.69 Å². The predicted molar refractivity (Wildman–Crippen MR) is 76.5 cm³/mol. The number of hydrogen-bond acceptors (Lipinski definition) is 5. The molecule has 1 unspecified atom stereocenters. The number of aromatic nitrogens is 2. The zero-order chi connectivity index (χ0) is 15.6. The van der Waals surface area contributed by atoms with Crippen LogP contribution in [0.4, 0.5) is 5.69 Å². The molecule has 0 spiro atoms. The van der Waals surface area contributed by atoms with Crippen molar-refractivity contribution in [3.05, 3.63) is 10.8 Å². The van der Waals surface area contributed by atoms with Gasteiger partial charge in [-0.1, -0.05) is 11.6 Å². The number of hydrogen-bond donors (Lipinski definition) is 0. The van der Waals surface area contributed by atoms with Crippen LogP contribution in [0.3, 0.4) is 0 Å². The largest absolute Gasteiger partial charge is 0.464 e. The highest BCUT2D eigenvalue weighted by Gasteiger charge is 2.30. The van der Waals surface area contributed by atoms with Crippen LogP contribution in [-0.4, -0.2) is 42.4 Å². The van der Waals surface area contributed by atoms with Gasteiger partial charge in [-0.25, -0.2) is 9.48 Å². The van der Waals surface area contributed by atoms with E-state index in [4.69, 9.17) is 21.1 Å². The fourth-order valence-corrected chi connectivity index (χ4v) is 2.56. The number of anilines is 1. The van der Waals surface area contributed by atoms with Crippen molar-refractivity contribution >= 4 is 29.2 Å². The number of methoxy groups -OCH3 is 1. The topological polar surface area (TPSA) is 73.7 Å². The Morgan fingerprint density at radius 1 is 1.48 bits per heavy atom. The van der Waals surface area contributed by atoms with E-state index in [1.54, 1.807) is 0 Å². The molecule has 8 heteroatoms. The summed E-state index contributed by atoms with van der Waals surface area (Å²) in [4.78, 5) is 24.7.